The minimum atomic E-state index is -4.48. The highest BCUT2D eigenvalue weighted by atomic mass is 35.5. The van der Waals surface area contributed by atoms with Gasteiger partial charge in [0.05, 0.1) is 17.1 Å². The molecule has 0 N–H and O–H groups in total. The van der Waals surface area contributed by atoms with Crippen LogP contribution in [0.2, 0.25) is 0 Å². The van der Waals surface area contributed by atoms with Gasteiger partial charge in [0.15, 0.2) is 0 Å². The molecule has 0 saturated carbocycles. The van der Waals surface area contributed by atoms with Crippen molar-refractivity contribution in [2.24, 2.45) is 0 Å². The predicted molar refractivity (Wildman–Crippen MR) is 64.2 cm³/mol. The van der Waals surface area contributed by atoms with Crippen molar-refractivity contribution in [3.63, 3.8) is 0 Å². The van der Waals surface area contributed by atoms with Gasteiger partial charge >= 0.3 is 6.18 Å². The van der Waals surface area contributed by atoms with E-state index in [4.69, 9.17) is 11.6 Å². The maximum atomic E-state index is 12.8. The van der Waals surface area contributed by atoms with E-state index in [1.165, 1.54) is 24.3 Å². The molecule has 0 aliphatic rings. The van der Waals surface area contributed by atoms with Gasteiger partial charge in [-0.15, -0.1) is 11.6 Å². The summed E-state index contributed by atoms with van der Waals surface area (Å²) < 4.78 is 50.8. The fourth-order valence-corrected chi connectivity index (χ4v) is 1.85. The molecule has 0 aliphatic heterocycles. The smallest absolute Gasteiger partial charge is 0.259 e. The summed E-state index contributed by atoms with van der Waals surface area (Å²) in [5.74, 6) is -0.485. The monoisotopic (exact) mass is 289 g/mol. The quantitative estimate of drug-likeness (QED) is 0.579. The van der Waals surface area contributed by atoms with E-state index in [9.17, 15) is 17.6 Å². The Morgan fingerprint density at radius 1 is 1.11 bits per heavy atom. The number of halogens is 5. The van der Waals surface area contributed by atoms with Gasteiger partial charge in [-0.2, -0.15) is 13.2 Å². The van der Waals surface area contributed by atoms with Crippen LogP contribution in [0.5, 0.6) is 0 Å². The molecule has 19 heavy (non-hydrogen) atoms. The Kier molecular flexibility index (Phi) is 3.75. The molecule has 0 bridgehead atoms. The van der Waals surface area contributed by atoms with E-state index >= 15 is 0 Å². The van der Waals surface area contributed by atoms with Crippen molar-refractivity contribution in [2.75, 3.05) is 0 Å². The molecule has 2 rings (SSSR count). The molecular formula is C13H8ClF4N. The lowest BCUT2D eigenvalue weighted by Gasteiger charge is -2.11. The highest BCUT2D eigenvalue weighted by Crippen LogP contribution is 2.33. The van der Waals surface area contributed by atoms with E-state index in [0.717, 1.165) is 12.3 Å². The third kappa shape index (κ3) is 3.04. The van der Waals surface area contributed by atoms with Crippen LogP contribution in [0.1, 0.15) is 11.3 Å². The highest BCUT2D eigenvalue weighted by molar-refractivity contribution is 6.17. The molecule has 0 radical (unpaired) electrons. The van der Waals surface area contributed by atoms with Gasteiger partial charge in [-0.05, 0) is 23.8 Å². The van der Waals surface area contributed by atoms with Crippen molar-refractivity contribution in [3.05, 3.63) is 53.6 Å². The van der Waals surface area contributed by atoms with Crippen LogP contribution in [0.3, 0.4) is 0 Å². The second kappa shape index (κ2) is 5.17. The first-order valence-electron chi connectivity index (χ1n) is 5.30. The van der Waals surface area contributed by atoms with Crippen LogP contribution in [0.4, 0.5) is 17.6 Å². The SMILES string of the molecule is Fc1ccc(-c2cc(C(F)(F)F)cnc2CCl)cc1. The lowest BCUT2D eigenvalue weighted by molar-refractivity contribution is -0.137. The minimum absolute atomic E-state index is 0.0230. The van der Waals surface area contributed by atoms with Crippen molar-refractivity contribution in [2.45, 2.75) is 12.1 Å². The van der Waals surface area contributed by atoms with Crippen molar-refractivity contribution in [1.29, 1.82) is 0 Å². The number of hydrogen-bond acceptors (Lipinski definition) is 1. The summed E-state index contributed by atoms with van der Waals surface area (Å²) in [5.41, 5.74) is 0.155. The van der Waals surface area contributed by atoms with Crippen LogP contribution in [-0.2, 0) is 12.1 Å². The number of aromatic nitrogens is 1. The molecule has 0 saturated heterocycles. The van der Waals surface area contributed by atoms with Crippen molar-refractivity contribution >= 4 is 11.6 Å². The van der Waals surface area contributed by atoms with Crippen molar-refractivity contribution in [1.82, 2.24) is 4.98 Å². The average molecular weight is 290 g/mol. The van der Waals surface area contributed by atoms with Crippen LogP contribution in [0.25, 0.3) is 11.1 Å². The molecule has 2 aromatic rings. The Morgan fingerprint density at radius 3 is 2.26 bits per heavy atom. The van der Waals surface area contributed by atoms with Crippen LogP contribution >= 0.6 is 11.6 Å². The maximum Gasteiger partial charge on any atom is 0.417 e. The Morgan fingerprint density at radius 2 is 1.74 bits per heavy atom. The third-order valence-corrected chi connectivity index (χ3v) is 2.83. The zero-order chi connectivity index (χ0) is 14.0. The second-order valence-electron chi connectivity index (χ2n) is 3.86. The van der Waals surface area contributed by atoms with E-state index in [2.05, 4.69) is 4.98 Å². The van der Waals surface area contributed by atoms with Crippen LogP contribution < -0.4 is 0 Å². The Labute approximate surface area is 111 Å². The Hall–Kier alpha value is -1.62. The van der Waals surface area contributed by atoms with Crippen molar-refractivity contribution < 1.29 is 17.6 Å². The summed E-state index contributed by atoms with van der Waals surface area (Å²) in [6.45, 7) is 0. The molecule has 1 nitrogen and oxygen atoms in total. The molecule has 0 unspecified atom stereocenters. The lowest BCUT2D eigenvalue weighted by Crippen LogP contribution is -2.07. The van der Waals surface area contributed by atoms with Gasteiger partial charge in [-0.3, -0.25) is 4.98 Å². The van der Waals surface area contributed by atoms with Gasteiger partial charge < -0.3 is 0 Å². The first-order valence-corrected chi connectivity index (χ1v) is 5.83. The minimum Gasteiger partial charge on any atom is -0.259 e. The summed E-state index contributed by atoms with van der Waals surface area (Å²) in [4.78, 5) is 3.72. The molecule has 1 aromatic carbocycles. The summed E-state index contributed by atoms with van der Waals surface area (Å²) in [6.07, 6.45) is -3.74. The van der Waals surface area contributed by atoms with E-state index < -0.39 is 17.6 Å². The van der Waals surface area contributed by atoms with Gasteiger partial charge in [0, 0.05) is 11.8 Å². The molecule has 1 heterocycles. The standard InChI is InChI=1S/C13H8ClF4N/c14-6-12-11(8-1-3-10(15)4-2-8)5-9(7-19-12)13(16,17)18/h1-5,7H,6H2. The van der Waals surface area contributed by atoms with Crippen LogP contribution in [0.15, 0.2) is 36.5 Å². The number of hydrogen-bond donors (Lipinski definition) is 0. The molecular weight excluding hydrogens is 282 g/mol. The molecule has 1 aromatic heterocycles. The van der Waals surface area contributed by atoms with E-state index in [1.54, 1.807) is 0 Å². The fraction of sp³-hybridized carbons (Fsp3) is 0.154. The van der Waals surface area contributed by atoms with Gasteiger partial charge in [-0.25, -0.2) is 4.39 Å². The number of pyridine rings is 1. The van der Waals surface area contributed by atoms with E-state index in [-0.39, 0.29) is 11.4 Å². The van der Waals surface area contributed by atoms with Crippen LogP contribution in [-0.4, -0.2) is 4.98 Å². The van der Waals surface area contributed by atoms with Gasteiger partial charge in [0.25, 0.3) is 0 Å². The maximum absolute atomic E-state index is 12.8. The second-order valence-corrected chi connectivity index (χ2v) is 4.12. The summed E-state index contributed by atoms with van der Waals surface area (Å²) >= 11 is 5.66. The number of nitrogens with zero attached hydrogens (tertiary/aromatic N) is 1. The van der Waals surface area contributed by atoms with Gasteiger partial charge in [-0.1, -0.05) is 12.1 Å². The lowest BCUT2D eigenvalue weighted by atomic mass is 10.0. The van der Waals surface area contributed by atoms with E-state index in [0.29, 0.717) is 11.3 Å². The molecule has 0 spiro atoms. The zero-order valence-corrected chi connectivity index (χ0v) is 10.3. The first kappa shape index (κ1) is 13.8. The van der Waals surface area contributed by atoms with Gasteiger partial charge in [0.1, 0.15) is 5.82 Å². The van der Waals surface area contributed by atoms with Crippen molar-refractivity contribution in [3.8, 4) is 11.1 Å². The predicted octanol–water partition coefficient (Wildman–Crippen LogP) is 4.65. The summed E-state index contributed by atoms with van der Waals surface area (Å²) in [7, 11) is 0. The molecule has 0 fully saturated rings. The normalized spacial score (nSPS) is 11.6. The molecule has 0 atom stereocenters. The molecule has 100 valence electrons. The molecule has 0 amide bonds. The topological polar surface area (TPSA) is 12.9 Å². The highest BCUT2D eigenvalue weighted by Gasteiger charge is 2.31. The van der Waals surface area contributed by atoms with E-state index in [1.807, 2.05) is 0 Å². The molecule has 0 aliphatic carbocycles. The zero-order valence-electron chi connectivity index (χ0n) is 9.51. The third-order valence-electron chi connectivity index (χ3n) is 2.58. The number of benzene rings is 1. The Balaban J connectivity index is 2.56. The largest absolute Gasteiger partial charge is 0.417 e. The van der Waals surface area contributed by atoms with Gasteiger partial charge in [0.2, 0.25) is 0 Å². The summed E-state index contributed by atoms with van der Waals surface area (Å²) in [5, 5.41) is 0. The summed E-state index contributed by atoms with van der Waals surface area (Å²) in [6, 6.07) is 6.10. The van der Waals surface area contributed by atoms with Crippen LogP contribution in [0, 0.1) is 5.82 Å². The average Bonchev–Trinajstić information content (AvgIpc) is 2.38. The number of rotatable bonds is 2. The molecule has 6 heteroatoms. The Bertz CT molecular complexity index is 578. The first-order chi connectivity index (χ1) is 8.91. The fourth-order valence-electron chi connectivity index (χ4n) is 1.63. The number of alkyl halides is 4.